The van der Waals surface area contributed by atoms with Crippen LogP contribution in [0, 0.1) is 0 Å². The first-order valence-corrected chi connectivity index (χ1v) is 7.68. The molecular formula is C18H28O2. The molecule has 0 aromatic rings. The first-order valence-electron chi connectivity index (χ1n) is 7.68. The van der Waals surface area contributed by atoms with Crippen molar-refractivity contribution in [2.75, 3.05) is 0 Å². The maximum atomic E-state index is 10.3. The minimum atomic E-state index is -0.722. The maximum absolute atomic E-state index is 10.3. The molecule has 0 aliphatic carbocycles. The molecule has 1 N–H and O–H groups in total. The maximum Gasteiger partial charge on any atom is 0.303 e. The molecule has 0 spiro atoms. The Hall–Kier alpha value is -1.53. The van der Waals surface area contributed by atoms with Crippen molar-refractivity contribution in [1.82, 2.24) is 0 Å². The Balaban J connectivity index is 3.36. The standard InChI is InChI=1S/C18H28O2/c1-2-3-4-5-6-7-8-9-10-11-12-13-14-15-16-17-18(19)20/h3-4,6-7,12,14H,2,5,8-11,15-17H2,1H3,(H,19,20)/b4-3-,7-6-. The van der Waals surface area contributed by atoms with Gasteiger partial charge in [-0.1, -0.05) is 31.2 Å². The second kappa shape index (κ2) is 15.5. The topological polar surface area (TPSA) is 37.3 Å². The third kappa shape index (κ3) is 16.5. The van der Waals surface area contributed by atoms with E-state index in [0.29, 0.717) is 6.42 Å². The Labute approximate surface area is 123 Å². The summed E-state index contributed by atoms with van der Waals surface area (Å²) >= 11 is 0. The van der Waals surface area contributed by atoms with Gasteiger partial charge in [0.1, 0.15) is 0 Å². The molecule has 112 valence electrons. The van der Waals surface area contributed by atoms with Crippen LogP contribution >= 0.6 is 0 Å². The molecule has 0 saturated heterocycles. The molecule has 0 aliphatic rings. The van der Waals surface area contributed by atoms with Crippen molar-refractivity contribution in [2.45, 2.75) is 64.7 Å². The molecule has 0 atom stereocenters. The Bertz CT molecular complexity index is 344. The SMILES string of the molecule is CC/C=C\C/C=C\CCCCC=C=CCCCC(=O)O. The van der Waals surface area contributed by atoms with Crippen molar-refractivity contribution >= 4 is 5.97 Å². The van der Waals surface area contributed by atoms with E-state index in [9.17, 15) is 4.79 Å². The molecule has 0 amide bonds. The van der Waals surface area contributed by atoms with E-state index in [-0.39, 0.29) is 6.42 Å². The quantitative estimate of drug-likeness (QED) is 0.293. The zero-order valence-electron chi connectivity index (χ0n) is 12.7. The van der Waals surface area contributed by atoms with Crippen molar-refractivity contribution in [1.29, 1.82) is 0 Å². The highest BCUT2D eigenvalue weighted by Crippen LogP contribution is 2.02. The average Bonchev–Trinajstić information content (AvgIpc) is 2.43. The van der Waals surface area contributed by atoms with Gasteiger partial charge in [-0.05, 0) is 63.5 Å². The smallest absolute Gasteiger partial charge is 0.303 e. The number of carbonyl (C=O) groups is 1. The molecule has 2 heteroatoms. The lowest BCUT2D eigenvalue weighted by Gasteiger charge is -1.92. The molecule has 0 bridgehead atoms. The number of allylic oxidation sites excluding steroid dienone is 5. The van der Waals surface area contributed by atoms with Gasteiger partial charge in [0.25, 0.3) is 0 Å². The Morgan fingerprint density at radius 2 is 1.60 bits per heavy atom. The van der Waals surface area contributed by atoms with Gasteiger partial charge in [0.05, 0.1) is 0 Å². The minimum absolute atomic E-state index is 0.248. The number of carboxylic acid groups (broad SMARTS) is 1. The second-order valence-electron chi connectivity index (χ2n) is 4.73. The molecule has 0 rings (SSSR count). The van der Waals surface area contributed by atoms with E-state index in [1.54, 1.807) is 0 Å². The Morgan fingerprint density at radius 3 is 2.30 bits per heavy atom. The molecule has 0 aromatic heterocycles. The average molecular weight is 276 g/mol. The molecule has 0 unspecified atom stereocenters. The normalized spacial score (nSPS) is 10.8. The molecule has 0 saturated carbocycles. The Kier molecular flexibility index (Phi) is 14.3. The Morgan fingerprint density at radius 1 is 0.950 bits per heavy atom. The van der Waals surface area contributed by atoms with Gasteiger partial charge in [-0.15, -0.1) is 5.73 Å². The van der Waals surface area contributed by atoms with E-state index in [1.165, 1.54) is 12.8 Å². The highest BCUT2D eigenvalue weighted by molar-refractivity contribution is 5.66. The summed E-state index contributed by atoms with van der Waals surface area (Å²) < 4.78 is 0. The number of rotatable bonds is 12. The van der Waals surface area contributed by atoms with Crippen molar-refractivity contribution in [3.63, 3.8) is 0 Å². The number of hydrogen-bond acceptors (Lipinski definition) is 1. The largest absolute Gasteiger partial charge is 0.481 e. The van der Waals surface area contributed by atoms with Crippen LogP contribution in [0.15, 0.2) is 42.2 Å². The van der Waals surface area contributed by atoms with E-state index in [4.69, 9.17) is 5.11 Å². The lowest BCUT2D eigenvalue weighted by atomic mass is 10.1. The molecule has 20 heavy (non-hydrogen) atoms. The number of carboxylic acids is 1. The summed E-state index contributed by atoms with van der Waals surface area (Å²) in [6.45, 7) is 2.15. The number of aliphatic carboxylic acids is 1. The van der Waals surface area contributed by atoms with E-state index >= 15 is 0 Å². The molecule has 0 fully saturated rings. The minimum Gasteiger partial charge on any atom is -0.481 e. The first-order chi connectivity index (χ1) is 9.77. The molecular weight excluding hydrogens is 248 g/mol. The molecule has 0 heterocycles. The van der Waals surface area contributed by atoms with Crippen molar-refractivity contribution in [2.24, 2.45) is 0 Å². The number of unbranched alkanes of at least 4 members (excludes halogenated alkanes) is 4. The number of hydrogen-bond donors (Lipinski definition) is 1. The van der Waals surface area contributed by atoms with Gasteiger partial charge in [-0.25, -0.2) is 0 Å². The zero-order chi connectivity index (χ0) is 14.9. The van der Waals surface area contributed by atoms with Crippen LogP contribution < -0.4 is 0 Å². The van der Waals surface area contributed by atoms with E-state index < -0.39 is 5.97 Å². The highest BCUT2D eigenvalue weighted by Gasteiger charge is 1.92. The van der Waals surface area contributed by atoms with E-state index in [1.807, 2.05) is 6.08 Å². The van der Waals surface area contributed by atoms with Crippen LogP contribution in [-0.4, -0.2) is 11.1 Å². The lowest BCUT2D eigenvalue weighted by Crippen LogP contribution is -1.92. The van der Waals surface area contributed by atoms with Gasteiger partial charge >= 0.3 is 5.97 Å². The fraction of sp³-hybridized carbons (Fsp3) is 0.556. The molecule has 0 aliphatic heterocycles. The highest BCUT2D eigenvalue weighted by atomic mass is 16.4. The van der Waals surface area contributed by atoms with Crippen molar-refractivity contribution in [3.8, 4) is 0 Å². The van der Waals surface area contributed by atoms with Gasteiger partial charge in [0.15, 0.2) is 0 Å². The van der Waals surface area contributed by atoms with Gasteiger partial charge < -0.3 is 5.11 Å². The fourth-order valence-electron chi connectivity index (χ4n) is 1.67. The summed E-state index contributed by atoms with van der Waals surface area (Å²) in [6.07, 6.45) is 21.4. The predicted molar refractivity (Wildman–Crippen MR) is 85.8 cm³/mol. The van der Waals surface area contributed by atoms with Crippen molar-refractivity contribution < 1.29 is 9.90 Å². The van der Waals surface area contributed by atoms with Gasteiger partial charge in [0, 0.05) is 6.42 Å². The van der Waals surface area contributed by atoms with Crippen LogP contribution in [0.1, 0.15) is 64.7 Å². The summed E-state index contributed by atoms with van der Waals surface area (Å²) in [7, 11) is 0. The van der Waals surface area contributed by atoms with Crippen LogP contribution in [0.5, 0.6) is 0 Å². The first kappa shape index (κ1) is 18.5. The van der Waals surface area contributed by atoms with Crippen LogP contribution in [-0.2, 0) is 4.79 Å². The van der Waals surface area contributed by atoms with Gasteiger partial charge in [-0.2, -0.15) is 0 Å². The summed E-state index contributed by atoms with van der Waals surface area (Å²) in [5, 5.41) is 8.47. The monoisotopic (exact) mass is 276 g/mol. The van der Waals surface area contributed by atoms with Crippen LogP contribution in [0.4, 0.5) is 0 Å². The van der Waals surface area contributed by atoms with Crippen LogP contribution in [0.2, 0.25) is 0 Å². The predicted octanol–water partition coefficient (Wildman–Crippen LogP) is 5.43. The molecule has 2 nitrogen and oxygen atoms in total. The van der Waals surface area contributed by atoms with E-state index in [2.05, 4.69) is 43.0 Å². The third-order valence-corrected chi connectivity index (χ3v) is 2.79. The summed E-state index contributed by atoms with van der Waals surface area (Å²) in [5.74, 6) is -0.722. The lowest BCUT2D eigenvalue weighted by molar-refractivity contribution is -0.137. The van der Waals surface area contributed by atoms with Gasteiger partial charge in [-0.3, -0.25) is 4.79 Å². The third-order valence-electron chi connectivity index (χ3n) is 2.79. The summed E-state index contributed by atoms with van der Waals surface area (Å²) in [5.41, 5.74) is 3.11. The van der Waals surface area contributed by atoms with Crippen LogP contribution in [0.3, 0.4) is 0 Å². The summed E-state index contributed by atoms with van der Waals surface area (Å²) in [4.78, 5) is 10.3. The summed E-state index contributed by atoms with van der Waals surface area (Å²) in [6, 6.07) is 0. The zero-order valence-corrected chi connectivity index (χ0v) is 12.7. The fourth-order valence-corrected chi connectivity index (χ4v) is 1.67. The second-order valence-corrected chi connectivity index (χ2v) is 4.73. The molecule has 0 aromatic carbocycles. The molecule has 0 radical (unpaired) electrons. The van der Waals surface area contributed by atoms with Crippen molar-refractivity contribution in [3.05, 3.63) is 42.2 Å². The van der Waals surface area contributed by atoms with Gasteiger partial charge in [0.2, 0.25) is 0 Å². The van der Waals surface area contributed by atoms with Crippen LogP contribution in [0.25, 0.3) is 0 Å². The van der Waals surface area contributed by atoms with E-state index in [0.717, 1.165) is 32.1 Å².